The first kappa shape index (κ1) is 18.5. The molecule has 0 saturated carbocycles. The van der Waals surface area contributed by atoms with Crippen LogP contribution in [0.1, 0.15) is 24.2 Å². The zero-order valence-electron chi connectivity index (χ0n) is 14.1. The molecule has 138 valence electrons. The lowest BCUT2D eigenvalue weighted by Gasteiger charge is -2.22. The van der Waals surface area contributed by atoms with E-state index < -0.39 is 11.7 Å². The molecular formula is C17H22ClF3N4. The fourth-order valence-corrected chi connectivity index (χ4v) is 4.07. The number of aryl methyl sites for hydroxylation is 1. The number of rotatable bonds is 2. The Morgan fingerprint density at radius 3 is 2.76 bits per heavy atom. The summed E-state index contributed by atoms with van der Waals surface area (Å²) < 4.78 is 40.5. The molecule has 4 rings (SSSR count). The van der Waals surface area contributed by atoms with Crippen molar-refractivity contribution in [2.45, 2.75) is 25.6 Å². The molecule has 1 atom stereocenters. The van der Waals surface area contributed by atoms with Gasteiger partial charge in [-0.2, -0.15) is 13.2 Å². The molecular weight excluding hydrogens is 353 g/mol. The highest BCUT2D eigenvalue weighted by atomic mass is 35.5. The molecule has 2 aromatic rings. The predicted octanol–water partition coefficient (Wildman–Crippen LogP) is 3.20. The Labute approximate surface area is 150 Å². The van der Waals surface area contributed by atoms with Crippen LogP contribution >= 0.6 is 12.4 Å². The van der Waals surface area contributed by atoms with Crippen molar-refractivity contribution in [3.8, 4) is 0 Å². The van der Waals surface area contributed by atoms with E-state index >= 15 is 0 Å². The molecule has 2 fully saturated rings. The zero-order chi connectivity index (χ0) is 16.9. The third-order valence-corrected chi connectivity index (χ3v) is 5.52. The predicted molar refractivity (Wildman–Crippen MR) is 92.8 cm³/mol. The van der Waals surface area contributed by atoms with Gasteiger partial charge in [-0.1, -0.05) is 0 Å². The SMILES string of the molecule is Cl.Cn1c(CN2CCC3(CCNC3)C2)nc2cc(C(F)(F)F)ccc21. The second-order valence-corrected chi connectivity index (χ2v) is 7.18. The quantitative estimate of drug-likeness (QED) is 0.876. The fraction of sp³-hybridized carbons (Fsp3) is 0.588. The van der Waals surface area contributed by atoms with Gasteiger partial charge < -0.3 is 9.88 Å². The normalized spacial score (nSPS) is 24.3. The number of hydrogen-bond donors (Lipinski definition) is 1. The molecule has 2 aliphatic heterocycles. The lowest BCUT2D eigenvalue weighted by molar-refractivity contribution is -0.137. The lowest BCUT2D eigenvalue weighted by Crippen LogP contribution is -2.29. The van der Waals surface area contributed by atoms with Crippen molar-refractivity contribution in [1.29, 1.82) is 0 Å². The van der Waals surface area contributed by atoms with Crippen LogP contribution in [0.25, 0.3) is 11.0 Å². The number of imidazole rings is 1. The number of fused-ring (bicyclic) bond motifs is 1. The molecule has 2 aliphatic rings. The van der Waals surface area contributed by atoms with Crippen LogP contribution in [0, 0.1) is 5.41 Å². The van der Waals surface area contributed by atoms with Crippen LogP contribution in [0.3, 0.4) is 0 Å². The number of nitrogens with zero attached hydrogens (tertiary/aromatic N) is 3. The average Bonchev–Trinajstić information content (AvgIpc) is 3.22. The Hall–Kier alpha value is -1.31. The maximum Gasteiger partial charge on any atom is 0.416 e. The minimum absolute atomic E-state index is 0. The highest BCUT2D eigenvalue weighted by Crippen LogP contribution is 2.37. The van der Waals surface area contributed by atoms with Crippen molar-refractivity contribution in [3.63, 3.8) is 0 Å². The van der Waals surface area contributed by atoms with Crippen LogP contribution in [-0.2, 0) is 19.8 Å². The standard InChI is InChI=1S/C17H21F3N4.ClH/c1-23-14-3-2-12(17(18,19)20)8-13(14)22-15(23)9-24-7-5-16(11-24)4-6-21-10-16;/h2-3,8,21H,4-7,9-11H2,1H3;1H. The van der Waals surface area contributed by atoms with Crippen LogP contribution < -0.4 is 5.32 Å². The topological polar surface area (TPSA) is 33.1 Å². The molecule has 1 N–H and O–H groups in total. The first-order chi connectivity index (χ1) is 11.4. The van der Waals surface area contributed by atoms with Crippen LogP contribution in [0.15, 0.2) is 18.2 Å². The van der Waals surface area contributed by atoms with E-state index in [1.165, 1.54) is 18.9 Å². The van der Waals surface area contributed by atoms with E-state index in [9.17, 15) is 13.2 Å². The van der Waals surface area contributed by atoms with Crippen molar-refractivity contribution in [2.75, 3.05) is 26.2 Å². The van der Waals surface area contributed by atoms with Crippen LogP contribution in [0.4, 0.5) is 13.2 Å². The Kier molecular flexibility index (Phi) is 4.77. The van der Waals surface area contributed by atoms with Gasteiger partial charge in [0.15, 0.2) is 0 Å². The van der Waals surface area contributed by atoms with E-state index in [2.05, 4.69) is 15.2 Å². The number of likely N-dealkylation sites (tertiary alicyclic amines) is 1. The summed E-state index contributed by atoms with van der Waals surface area (Å²) in [5, 5.41) is 3.44. The number of nitrogens with one attached hydrogen (secondary N) is 1. The number of hydrogen-bond acceptors (Lipinski definition) is 3. The summed E-state index contributed by atoms with van der Waals surface area (Å²) in [5.41, 5.74) is 0.902. The number of benzene rings is 1. The molecule has 1 aromatic carbocycles. The summed E-state index contributed by atoms with van der Waals surface area (Å²) in [4.78, 5) is 6.84. The molecule has 3 heterocycles. The van der Waals surface area contributed by atoms with E-state index in [-0.39, 0.29) is 12.4 Å². The van der Waals surface area contributed by atoms with Crippen LogP contribution in [0.5, 0.6) is 0 Å². The summed E-state index contributed by atoms with van der Waals surface area (Å²) in [6.07, 6.45) is -1.94. The summed E-state index contributed by atoms with van der Waals surface area (Å²) in [6, 6.07) is 3.79. The summed E-state index contributed by atoms with van der Waals surface area (Å²) in [7, 11) is 1.88. The van der Waals surface area contributed by atoms with Gasteiger partial charge in [-0.15, -0.1) is 12.4 Å². The third-order valence-electron chi connectivity index (χ3n) is 5.52. The van der Waals surface area contributed by atoms with Crippen LogP contribution in [-0.4, -0.2) is 40.6 Å². The largest absolute Gasteiger partial charge is 0.416 e. The Morgan fingerprint density at radius 1 is 1.28 bits per heavy atom. The molecule has 4 nitrogen and oxygen atoms in total. The maximum atomic E-state index is 12.9. The monoisotopic (exact) mass is 374 g/mol. The second kappa shape index (κ2) is 6.45. The van der Waals surface area contributed by atoms with Crippen molar-refractivity contribution in [3.05, 3.63) is 29.6 Å². The Balaban J connectivity index is 0.00000182. The molecule has 1 unspecified atom stereocenters. The summed E-state index contributed by atoms with van der Waals surface area (Å²) in [5.74, 6) is 0.826. The third kappa shape index (κ3) is 3.37. The highest BCUT2D eigenvalue weighted by molar-refractivity contribution is 5.85. The van der Waals surface area contributed by atoms with Crippen molar-refractivity contribution < 1.29 is 13.2 Å². The van der Waals surface area contributed by atoms with Crippen molar-refractivity contribution in [1.82, 2.24) is 19.8 Å². The van der Waals surface area contributed by atoms with Crippen molar-refractivity contribution >= 4 is 23.4 Å². The highest BCUT2D eigenvalue weighted by Gasteiger charge is 2.40. The van der Waals surface area contributed by atoms with Gasteiger partial charge in [-0.05, 0) is 49.5 Å². The van der Waals surface area contributed by atoms with Gasteiger partial charge in [0.05, 0.1) is 23.1 Å². The Morgan fingerprint density at radius 2 is 2.08 bits per heavy atom. The molecule has 1 aromatic heterocycles. The molecule has 8 heteroatoms. The average molecular weight is 375 g/mol. The van der Waals surface area contributed by atoms with Gasteiger partial charge in [0.25, 0.3) is 0 Å². The molecule has 1 spiro atoms. The van der Waals surface area contributed by atoms with Gasteiger partial charge >= 0.3 is 6.18 Å². The number of alkyl halides is 3. The molecule has 0 amide bonds. The van der Waals surface area contributed by atoms with Gasteiger partial charge in [0, 0.05) is 20.1 Å². The molecule has 0 radical (unpaired) electrons. The number of aromatic nitrogens is 2. The van der Waals surface area contributed by atoms with Gasteiger partial charge in [-0.25, -0.2) is 4.98 Å². The maximum absolute atomic E-state index is 12.9. The first-order valence-corrected chi connectivity index (χ1v) is 8.32. The number of halogens is 4. The van der Waals surface area contributed by atoms with E-state index in [0.29, 0.717) is 17.5 Å². The van der Waals surface area contributed by atoms with E-state index in [4.69, 9.17) is 0 Å². The van der Waals surface area contributed by atoms with Gasteiger partial charge in [-0.3, -0.25) is 4.90 Å². The lowest BCUT2D eigenvalue weighted by atomic mass is 9.87. The Bertz CT molecular complexity index is 765. The summed E-state index contributed by atoms with van der Waals surface area (Å²) >= 11 is 0. The molecule has 0 bridgehead atoms. The summed E-state index contributed by atoms with van der Waals surface area (Å²) in [6.45, 7) is 4.91. The first-order valence-electron chi connectivity index (χ1n) is 8.32. The van der Waals surface area contributed by atoms with Crippen LogP contribution in [0.2, 0.25) is 0 Å². The van der Waals surface area contributed by atoms with Gasteiger partial charge in [0.1, 0.15) is 5.82 Å². The van der Waals surface area contributed by atoms with E-state index in [1.807, 2.05) is 11.6 Å². The minimum Gasteiger partial charge on any atom is -0.330 e. The smallest absolute Gasteiger partial charge is 0.330 e. The molecule has 25 heavy (non-hydrogen) atoms. The second-order valence-electron chi connectivity index (χ2n) is 7.18. The molecule has 2 saturated heterocycles. The minimum atomic E-state index is -4.33. The van der Waals surface area contributed by atoms with Gasteiger partial charge in [0.2, 0.25) is 0 Å². The van der Waals surface area contributed by atoms with E-state index in [0.717, 1.165) is 49.7 Å². The van der Waals surface area contributed by atoms with E-state index in [1.54, 1.807) is 0 Å². The zero-order valence-corrected chi connectivity index (χ0v) is 14.9. The fourth-order valence-electron chi connectivity index (χ4n) is 4.07. The molecule has 0 aliphatic carbocycles. The van der Waals surface area contributed by atoms with Crippen molar-refractivity contribution in [2.24, 2.45) is 12.5 Å².